The molecule has 1 aliphatic carbocycles. The van der Waals surface area contributed by atoms with Crippen molar-refractivity contribution < 1.29 is 24.5 Å². The van der Waals surface area contributed by atoms with Crippen LogP contribution in [0.5, 0.6) is 11.5 Å². The molecule has 0 fully saturated rings. The predicted octanol–water partition coefficient (Wildman–Crippen LogP) is 3.86. The summed E-state index contributed by atoms with van der Waals surface area (Å²) in [6, 6.07) is 1.34. The number of aliphatic hydroxyl groups is 1. The minimum atomic E-state index is -0.453. The highest BCUT2D eigenvalue weighted by molar-refractivity contribution is 5.91. The highest BCUT2D eigenvalue weighted by Crippen LogP contribution is 2.35. The topological polar surface area (TPSA) is 100 Å². The summed E-state index contributed by atoms with van der Waals surface area (Å²) in [5.41, 5.74) is 1.59. The van der Waals surface area contributed by atoms with E-state index in [1.165, 1.54) is 12.1 Å². The van der Waals surface area contributed by atoms with Crippen LogP contribution in [0.25, 0.3) is 28.4 Å². The fourth-order valence-electron chi connectivity index (χ4n) is 3.64. The summed E-state index contributed by atoms with van der Waals surface area (Å²) in [6.07, 6.45) is 8.50. The fraction of sp³-hybridized carbons (Fsp3) is 0.240. The van der Waals surface area contributed by atoms with Crippen LogP contribution >= 0.6 is 0 Å². The van der Waals surface area contributed by atoms with E-state index in [0.29, 0.717) is 23.2 Å². The molecule has 160 valence electrons. The summed E-state index contributed by atoms with van der Waals surface area (Å²) in [5.74, 6) is 0.408. The zero-order chi connectivity index (χ0) is 22.4. The van der Waals surface area contributed by atoms with Crippen molar-refractivity contribution in [1.82, 2.24) is 0 Å². The molecule has 2 aromatic rings. The maximum atomic E-state index is 13.6. The fourth-order valence-corrected chi connectivity index (χ4v) is 3.64. The number of ether oxygens (including phenoxy) is 1. The van der Waals surface area contributed by atoms with Crippen LogP contribution in [0.1, 0.15) is 39.7 Å². The van der Waals surface area contributed by atoms with E-state index in [9.17, 15) is 20.1 Å². The summed E-state index contributed by atoms with van der Waals surface area (Å²) in [5, 5.41) is 31.4. The standard InChI is InChI=1S/C25H24O6/c1-12(2)5-7-15-17(27)11-20-21(23(15)28)24(29)22-19(9-13(3)4)30-18-10-14(26)6-8-16(18)25(22)31-20/h5-7,9-12,26-28H,8H2,1-4H3. The van der Waals surface area contributed by atoms with Gasteiger partial charge in [-0.1, -0.05) is 31.6 Å². The Hall–Kier alpha value is -3.67. The minimum absolute atomic E-state index is 0.0227. The first kappa shape index (κ1) is 20.6. The van der Waals surface area contributed by atoms with Gasteiger partial charge in [-0.15, -0.1) is 0 Å². The Morgan fingerprint density at radius 3 is 2.61 bits per heavy atom. The van der Waals surface area contributed by atoms with Gasteiger partial charge in [0.15, 0.2) is 0 Å². The molecule has 2 aliphatic rings. The molecule has 0 radical (unpaired) electrons. The molecule has 6 nitrogen and oxygen atoms in total. The molecule has 1 aromatic heterocycles. The number of hydrogen-bond acceptors (Lipinski definition) is 6. The SMILES string of the molecule is CC(C)=CC1=c2c(oc3cc(O)c(C=CC(C)C)c(O)c3c2=O)=C2CC=C(O)C=C2O1. The van der Waals surface area contributed by atoms with Gasteiger partial charge in [0.05, 0.1) is 5.56 Å². The molecule has 0 unspecified atom stereocenters. The van der Waals surface area contributed by atoms with E-state index >= 15 is 0 Å². The second-order valence-corrected chi connectivity index (χ2v) is 8.28. The summed E-state index contributed by atoms with van der Waals surface area (Å²) >= 11 is 0. The smallest absolute Gasteiger partial charge is 0.208 e. The number of rotatable bonds is 3. The summed E-state index contributed by atoms with van der Waals surface area (Å²) in [4.78, 5) is 13.6. The second kappa shape index (κ2) is 7.54. The van der Waals surface area contributed by atoms with Crippen molar-refractivity contribution in [1.29, 1.82) is 0 Å². The molecule has 4 rings (SSSR count). The van der Waals surface area contributed by atoms with Gasteiger partial charge in [0, 0.05) is 24.1 Å². The third-order valence-corrected chi connectivity index (χ3v) is 5.07. The number of fused-ring (bicyclic) bond motifs is 3. The quantitative estimate of drug-likeness (QED) is 0.697. The van der Waals surface area contributed by atoms with Crippen LogP contribution in [0.2, 0.25) is 0 Å². The van der Waals surface area contributed by atoms with Crippen molar-refractivity contribution in [2.45, 2.75) is 34.1 Å². The molecule has 0 amide bonds. The lowest BCUT2D eigenvalue weighted by atomic mass is 9.99. The van der Waals surface area contributed by atoms with E-state index in [1.807, 2.05) is 33.8 Å². The van der Waals surface area contributed by atoms with E-state index in [-0.39, 0.29) is 50.7 Å². The molecule has 6 heteroatoms. The van der Waals surface area contributed by atoms with Crippen molar-refractivity contribution in [2.24, 2.45) is 5.92 Å². The van der Waals surface area contributed by atoms with Gasteiger partial charge in [-0.05, 0) is 31.9 Å². The van der Waals surface area contributed by atoms with Crippen LogP contribution in [0.3, 0.4) is 0 Å². The van der Waals surface area contributed by atoms with Crippen molar-refractivity contribution in [3.63, 3.8) is 0 Å². The van der Waals surface area contributed by atoms with E-state index in [2.05, 4.69) is 0 Å². The van der Waals surface area contributed by atoms with Crippen molar-refractivity contribution in [3.05, 3.63) is 73.9 Å². The number of phenols is 2. The summed E-state index contributed by atoms with van der Waals surface area (Å²) in [7, 11) is 0. The van der Waals surface area contributed by atoms with Crippen molar-refractivity contribution in [3.8, 4) is 11.5 Å². The lowest BCUT2D eigenvalue weighted by molar-refractivity contribution is 0.371. The van der Waals surface area contributed by atoms with Gasteiger partial charge in [0.25, 0.3) is 0 Å². The third kappa shape index (κ3) is 3.54. The molecule has 0 atom stereocenters. The first-order chi connectivity index (χ1) is 14.7. The van der Waals surface area contributed by atoms with Gasteiger partial charge < -0.3 is 24.5 Å². The number of aromatic hydroxyl groups is 2. The third-order valence-electron chi connectivity index (χ3n) is 5.07. The first-order valence-electron chi connectivity index (χ1n) is 10.1. The van der Waals surface area contributed by atoms with Crippen molar-refractivity contribution in [2.75, 3.05) is 0 Å². The summed E-state index contributed by atoms with van der Waals surface area (Å²) in [6.45, 7) is 7.67. The lowest BCUT2D eigenvalue weighted by Gasteiger charge is -2.21. The monoisotopic (exact) mass is 420 g/mol. The largest absolute Gasteiger partial charge is 0.508 e. The molecule has 0 saturated heterocycles. The predicted molar refractivity (Wildman–Crippen MR) is 120 cm³/mol. The number of aliphatic hydroxyl groups excluding tert-OH is 1. The van der Waals surface area contributed by atoms with Crippen LogP contribution in [-0.2, 0) is 4.74 Å². The Labute approximate surface area is 178 Å². The molecule has 3 N–H and O–H groups in total. The minimum Gasteiger partial charge on any atom is -0.508 e. The maximum absolute atomic E-state index is 13.6. The summed E-state index contributed by atoms with van der Waals surface area (Å²) < 4.78 is 12.0. The average molecular weight is 420 g/mol. The molecule has 1 aliphatic heterocycles. The first-order valence-corrected chi connectivity index (χ1v) is 10.1. The number of hydrogen-bond donors (Lipinski definition) is 3. The van der Waals surface area contributed by atoms with Gasteiger partial charge in [0.1, 0.15) is 50.4 Å². The molecule has 31 heavy (non-hydrogen) atoms. The maximum Gasteiger partial charge on any atom is 0.208 e. The Bertz CT molecular complexity index is 1410. The van der Waals surface area contributed by atoms with E-state index in [1.54, 1.807) is 18.2 Å². The number of benzene rings is 1. The van der Waals surface area contributed by atoms with E-state index in [0.717, 1.165) is 5.57 Å². The van der Waals surface area contributed by atoms with Crippen LogP contribution < -0.4 is 16.1 Å². The lowest BCUT2D eigenvalue weighted by Crippen LogP contribution is -2.45. The molecule has 0 saturated carbocycles. The second-order valence-electron chi connectivity index (χ2n) is 8.28. The van der Waals surface area contributed by atoms with Gasteiger partial charge in [0.2, 0.25) is 5.43 Å². The van der Waals surface area contributed by atoms with Gasteiger partial charge in [-0.3, -0.25) is 4.79 Å². The van der Waals surface area contributed by atoms with Gasteiger partial charge in [-0.25, -0.2) is 0 Å². The normalized spacial score (nSPS) is 15.5. The highest BCUT2D eigenvalue weighted by Gasteiger charge is 2.25. The van der Waals surface area contributed by atoms with E-state index in [4.69, 9.17) is 9.15 Å². The van der Waals surface area contributed by atoms with E-state index < -0.39 is 5.43 Å². The zero-order valence-corrected chi connectivity index (χ0v) is 17.8. The highest BCUT2D eigenvalue weighted by atomic mass is 16.5. The average Bonchev–Trinajstić information content (AvgIpc) is 2.66. The molecule has 1 aromatic carbocycles. The number of phenolic OH excluding ortho intramolecular Hbond substituents is 2. The Morgan fingerprint density at radius 2 is 1.94 bits per heavy atom. The molecule has 0 spiro atoms. The Kier molecular flexibility index (Phi) is 5.01. The molecular formula is C25H24O6. The van der Waals surface area contributed by atoms with Crippen molar-refractivity contribution >= 4 is 28.4 Å². The molecule has 2 heterocycles. The van der Waals surface area contributed by atoms with Crippen LogP contribution in [0, 0.1) is 5.92 Å². The zero-order valence-electron chi connectivity index (χ0n) is 17.8. The Balaban J connectivity index is 2.18. The molecular weight excluding hydrogens is 396 g/mol. The van der Waals surface area contributed by atoms with Crippen LogP contribution in [-0.4, -0.2) is 15.3 Å². The van der Waals surface area contributed by atoms with Gasteiger partial charge >= 0.3 is 0 Å². The number of allylic oxidation sites excluding steroid dienone is 5. The van der Waals surface area contributed by atoms with Crippen LogP contribution in [0.4, 0.5) is 0 Å². The molecule has 0 bridgehead atoms. The van der Waals surface area contributed by atoms with Crippen LogP contribution in [0.15, 0.2) is 56.7 Å². The Morgan fingerprint density at radius 1 is 1.19 bits per heavy atom. The van der Waals surface area contributed by atoms with Gasteiger partial charge in [-0.2, -0.15) is 0 Å².